The van der Waals surface area contributed by atoms with Gasteiger partial charge in [-0.15, -0.1) is 11.8 Å². The lowest BCUT2D eigenvalue weighted by molar-refractivity contribution is -0.118. The Hall–Kier alpha value is -1.05. The van der Waals surface area contributed by atoms with Crippen molar-refractivity contribution < 1.29 is 13.2 Å². The van der Waals surface area contributed by atoms with E-state index in [0.717, 1.165) is 30.6 Å². The second-order valence-corrected chi connectivity index (χ2v) is 8.67. The van der Waals surface area contributed by atoms with Crippen LogP contribution in [0.5, 0.6) is 0 Å². The van der Waals surface area contributed by atoms with E-state index in [2.05, 4.69) is 10.0 Å². The Labute approximate surface area is 142 Å². The van der Waals surface area contributed by atoms with Gasteiger partial charge in [0, 0.05) is 16.9 Å². The van der Waals surface area contributed by atoms with Crippen molar-refractivity contribution in [1.29, 1.82) is 0 Å². The lowest BCUT2D eigenvalue weighted by Gasteiger charge is -2.16. The summed E-state index contributed by atoms with van der Waals surface area (Å²) in [6.07, 6.45) is 5.80. The summed E-state index contributed by atoms with van der Waals surface area (Å²) in [5.41, 5.74) is 0.547. The highest BCUT2D eigenvalue weighted by atomic mass is 32.2. The Morgan fingerprint density at radius 1 is 1.26 bits per heavy atom. The van der Waals surface area contributed by atoms with E-state index in [1.165, 1.54) is 11.8 Å². The van der Waals surface area contributed by atoms with E-state index >= 15 is 0 Å². The van der Waals surface area contributed by atoms with Crippen molar-refractivity contribution in [2.45, 2.75) is 55.4 Å². The summed E-state index contributed by atoms with van der Waals surface area (Å²) in [5, 5.41) is 2.82. The van der Waals surface area contributed by atoms with Crippen LogP contribution in [-0.2, 0) is 14.8 Å². The zero-order valence-electron chi connectivity index (χ0n) is 13.8. The third-order valence-electron chi connectivity index (χ3n) is 3.94. The monoisotopic (exact) mass is 356 g/mol. The fraction of sp³-hybridized carbons (Fsp3) is 0.562. The molecule has 0 spiro atoms. The molecule has 1 aliphatic rings. The number of sulfonamides is 1. The lowest BCUT2D eigenvalue weighted by Crippen LogP contribution is -2.32. The molecule has 1 aromatic rings. The number of nitrogens with one attached hydrogen (secondary N) is 2. The molecule has 0 atom stereocenters. The van der Waals surface area contributed by atoms with Crippen molar-refractivity contribution in [3.63, 3.8) is 0 Å². The molecule has 2 rings (SSSR count). The van der Waals surface area contributed by atoms with Gasteiger partial charge in [0.05, 0.1) is 10.6 Å². The van der Waals surface area contributed by atoms with Crippen LogP contribution in [0.15, 0.2) is 28.0 Å². The van der Waals surface area contributed by atoms with Crippen molar-refractivity contribution in [3.8, 4) is 0 Å². The number of hydrogen-bond acceptors (Lipinski definition) is 4. The second-order valence-electron chi connectivity index (χ2n) is 6.11. The van der Waals surface area contributed by atoms with Crippen LogP contribution >= 0.6 is 11.8 Å². The highest BCUT2D eigenvalue weighted by molar-refractivity contribution is 7.98. The minimum absolute atomic E-state index is 0.0222. The van der Waals surface area contributed by atoms with Gasteiger partial charge >= 0.3 is 0 Å². The predicted octanol–water partition coefficient (Wildman–Crippen LogP) is 3.22. The Morgan fingerprint density at radius 2 is 1.91 bits per heavy atom. The Kier molecular flexibility index (Phi) is 6.11. The first kappa shape index (κ1) is 18.3. The molecular formula is C16H24N2O3S2. The summed E-state index contributed by atoms with van der Waals surface area (Å²) in [6, 6.07) is 4.90. The first-order valence-corrected chi connectivity index (χ1v) is 10.6. The van der Waals surface area contributed by atoms with Gasteiger partial charge in [-0.05, 0) is 37.3 Å². The van der Waals surface area contributed by atoms with E-state index < -0.39 is 10.0 Å². The van der Waals surface area contributed by atoms with E-state index in [-0.39, 0.29) is 22.8 Å². The molecule has 0 radical (unpaired) electrons. The summed E-state index contributed by atoms with van der Waals surface area (Å²) in [5.74, 6) is -0.291. The number of carbonyl (C=O) groups excluding carboxylic acids is 1. The molecule has 0 aliphatic heterocycles. The van der Waals surface area contributed by atoms with Crippen LogP contribution in [0.2, 0.25) is 0 Å². The average Bonchev–Trinajstić information content (AvgIpc) is 2.99. The van der Waals surface area contributed by atoms with Crippen LogP contribution in [0.3, 0.4) is 0 Å². The van der Waals surface area contributed by atoms with Crippen molar-refractivity contribution in [2.24, 2.45) is 5.92 Å². The van der Waals surface area contributed by atoms with Gasteiger partial charge in [0.15, 0.2) is 0 Å². The minimum Gasteiger partial charge on any atom is -0.325 e. The van der Waals surface area contributed by atoms with E-state index in [1.54, 1.807) is 32.0 Å². The number of hydrogen-bond donors (Lipinski definition) is 2. The Bertz CT molecular complexity index is 666. The Balaban J connectivity index is 2.26. The van der Waals surface area contributed by atoms with Crippen LogP contribution < -0.4 is 10.0 Å². The number of thioether (sulfide) groups is 1. The van der Waals surface area contributed by atoms with Gasteiger partial charge in [0.1, 0.15) is 0 Å². The third kappa shape index (κ3) is 4.71. The molecule has 128 valence electrons. The topological polar surface area (TPSA) is 75.3 Å². The number of anilines is 1. The molecule has 0 unspecified atom stereocenters. The van der Waals surface area contributed by atoms with Gasteiger partial charge in [-0.3, -0.25) is 4.79 Å². The van der Waals surface area contributed by atoms with Crippen molar-refractivity contribution in [2.75, 3.05) is 11.6 Å². The molecule has 1 aliphatic carbocycles. The summed E-state index contributed by atoms with van der Waals surface area (Å²) in [7, 11) is -3.56. The van der Waals surface area contributed by atoms with Crippen molar-refractivity contribution in [3.05, 3.63) is 18.2 Å². The predicted molar refractivity (Wildman–Crippen MR) is 94.3 cm³/mol. The fourth-order valence-electron chi connectivity index (χ4n) is 2.56. The lowest BCUT2D eigenvalue weighted by atomic mass is 10.2. The molecule has 5 nitrogen and oxygen atoms in total. The number of carbonyl (C=O) groups is 1. The van der Waals surface area contributed by atoms with E-state index in [4.69, 9.17) is 0 Å². The minimum atomic E-state index is -3.56. The fourth-order valence-corrected chi connectivity index (χ4v) is 4.42. The number of rotatable bonds is 6. The van der Waals surface area contributed by atoms with Gasteiger partial charge < -0.3 is 5.32 Å². The molecule has 1 saturated carbocycles. The largest absolute Gasteiger partial charge is 0.325 e. The normalized spacial score (nSPS) is 16.0. The summed E-state index contributed by atoms with van der Waals surface area (Å²) in [4.78, 5) is 13.0. The molecule has 0 heterocycles. The van der Waals surface area contributed by atoms with E-state index in [9.17, 15) is 13.2 Å². The molecule has 0 bridgehead atoms. The molecule has 1 aromatic carbocycles. The number of benzene rings is 1. The maximum absolute atomic E-state index is 12.5. The summed E-state index contributed by atoms with van der Waals surface area (Å²) < 4.78 is 27.8. The molecule has 23 heavy (non-hydrogen) atoms. The van der Waals surface area contributed by atoms with Crippen LogP contribution in [0, 0.1) is 5.92 Å². The standard InChI is InChI=1S/C16H24N2O3S2/c1-11(2)16(19)17-14-10-13(8-9-15(14)22-3)23(20,21)18-12-6-4-5-7-12/h8-12,18H,4-7H2,1-3H3,(H,17,19). The first-order valence-electron chi connectivity index (χ1n) is 7.84. The van der Waals surface area contributed by atoms with Gasteiger partial charge in [-0.25, -0.2) is 13.1 Å². The van der Waals surface area contributed by atoms with Crippen molar-refractivity contribution >= 4 is 33.4 Å². The Morgan fingerprint density at radius 3 is 2.48 bits per heavy atom. The van der Waals surface area contributed by atoms with E-state index in [1.807, 2.05) is 6.26 Å². The maximum Gasteiger partial charge on any atom is 0.240 e. The van der Waals surface area contributed by atoms with Crippen molar-refractivity contribution in [1.82, 2.24) is 4.72 Å². The van der Waals surface area contributed by atoms with Crippen LogP contribution in [0.25, 0.3) is 0 Å². The smallest absolute Gasteiger partial charge is 0.240 e. The molecule has 7 heteroatoms. The SMILES string of the molecule is CSc1ccc(S(=O)(=O)NC2CCCC2)cc1NC(=O)C(C)C. The van der Waals surface area contributed by atoms with Crippen LogP contribution in [-0.4, -0.2) is 26.6 Å². The van der Waals surface area contributed by atoms with Gasteiger partial charge in [-0.2, -0.15) is 0 Å². The summed E-state index contributed by atoms with van der Waals surface area (Å²) in [6.45, 7) is 3.60. The number of amides is 1. The molecule has 0 aromatic heterocycles. The molecular weight excluding hydrogens is 332 g/mol. The highest BCUT2D eigenvalue weighted by Gasteiger charge is 2.24. The average molecular weight is 357 g/mol. The molecule has 0 saturated heterocycles. The maximum atomic E-state index is 12.5. The highest BCUT2D eigenvalue weighted by Crippen LogP contribution is 2.29. The first-order chi connectivity index (χ1) is 10.8. The third-order valence-corrected chi connectivity index (χ3v) is 6.25. The van der Waals surface area contributed by atoms with E-state index in [0.29, 0.717) is 5.69 Å². The molecule has 1 amide bonds. The second kappa shape index (κ2) is 7.68. The van der Waals surface area contributed by atoms with Gasteiger partial charge in [0.25, 0.3) is 0 Å². The molecule has 2 N–H and O–H groups in total. The molecule has 1 fully saturated rings. The zero-order valence-corrected chi connectivity index (χ0v) is 15.4. The van der Waals surface area contributed by atoms with Gasteiger partial charge in [-0.1, -0.05) is 26.7 Å². The quantitative estimate of drug-likeness (QED) is 0.768. The van der Waals surface area contributed by atoms with Crippen LogP contribution in [0.1, 0.15) is 39.5 Å². The zero-order chi connectivity index (χ0) is 17.0. The van der Waals surface area contributed by atoms with Crippen LogP contribution in [0.4, 0.5) is 5.69 Å². The summed E-state index contributed by atoms with van der Waals surface area (Å²) >= 11 is 1.47. The van der Waals surface area contributed by atoms with Gasteiger partial charge in [0.2, 0.25) is 15.9 Å².